The lowest BCUT2D eigenvalue weighted by Crippen LogP contribution is -2.29. The Morgan fingerprint density at radius 3 is 2.94 bits per heavy atom. The fraction of sp³-hybridized carbons (Fsp3) is 0.333. The molecule has 5 heteroatoms. The fourth-order valence-corrected chi connectivity index (χ4v) is 2.30. The first-order chi connectivity index (χ1) is 8.10. The minimum atomic E-state index is -0.949. The van der Waals surface area contributed by atoms with Crippen molar-refractivity contribution in [3.8, 4) is 5.75 Å². The van der Waals surface area contributed by atoms with Crippen LogP contribution < -0.4 is 4.74 Å². The number of aliphatic carboxylic acids is 1. The van der Waals surface area contributed by atoms with Gasteiger partial charge in [0.05, 0.1) is 12.0 Å². The van der Waals surface area contributed by atoms with E-state index in [0.717, 1.165) is 9.99 Å². The molecule has 1 unspecified atom stereocenters. The summed E-state index contributed by atoms with van der Waals surface area (Å²) in [5, 5.41) is 8.69. The van der Waals surface area contributed by atoms with Crippen molar-refractivity contribution >= 4 is 34.3 Å². The fourth-order valence-electron chi connectivity index (χ4n) is 1.83. The molecule has 1 aliphatic heterocycles. The van der Waals surface area contributed by atoms with Gasteiger partial charge in [-0.1, -0.05) is 28.7 Å². The number of fused-ring (bicyclic) bond motifs is 1. The van der Waals surface area contributed by atoms with Crippen molar-refractivity contribution in [3.05, 3.63) is 29.3 Å². The van der Waals surface area contributed by atoms with E-state index in [4.69, 9.17) is 9.84 Å². The first kappa shape index (κ1) is 12.3. The highest BCUT2D eigenvalue weighted by molar-refractivity contribution is 14.1. The highest BCUT2D eigenvalue weighted by Gasteiger charge is 2.28. The molecule has 1 heterocycles. The molecule has 0 saturated heterocycles. The van der Waals surface area contributed by atoms with Crippen molar-refractivity contribution in [1.29, 1.82) is 0 Å². The van der Waals surface area contributed by atoms with Gasteiger partial charge in [0.15, 0.2) is 5.78 Å². The highest BCUT2D eigenvalue weighted by Crippen LogP contribution is 2.30. The van der Waals surface area contributed by atoms with Gasteiger partial charge in [-0.2, -0.15) is 0 Å². The maximum atomic E-state index is 11.9. The van der Waals surface area contributed by atoms with Crippen molar-refractivity contribution < 1.29 is 19.4 Å². The number of Topliss-reactive ketones (excluding diaryl/α,β-unsaturated/α-hetero) is 1. The predicted octanol–water partition coefficient (Wildman–Crippen LogP) is 2.43. The third-order valence-electron chi connectivity index (χ3n) is 2.61. The molecular weight excluding hydrogens is 335 g/mol. The maximum Gasteiger partial charge on any atom is 0.307 e. The van der Waals surface area contributed by atoms with Gasteiger partial charge in [0, 0.05) is 10.8 Å². The summed E-state index contributed by atoms with van der Waals surface area (Å²) in [6, 6.07) is 5.46. The Bertz CT molecular complexity index is 470. The summed E-state index contributed by atoms with van der Waals surface area (Å²) in [6.07, 6.45) is -0.540. The van der Waals surface area contributed by atoms with E-state index >= 15 is 0 Å². The summed E-state index contributed by atoms with van der Waals surface area (Å²) in [5.41, 5.74) is 1.64. The number of carboxylic acid groups (broad SMARTS) is 1. The Labute approximate surface area is 112 Å². The van der Waals surface area contributed by atoms with Crippen molar-refractivity contribution in [2.45, 2.75) is 23.4 Å². The Morgan fingerprint density at radius 2 is 2.29 bits per heavy atom. The number of benzene rings is 1. The number of ketones is 1. The van der Waals surface area contributed by atoms with Gasteiger partial charge in [0.2, 0.25) is 0 Å². The minimum absolute atomic E-state index is 0.0378. The number of hydrogen-bond donors (Lipinski definition) is 1. The second-order valence-electron chi connectivity index (χ2n) is 3.93. The van der Waals surface area contributed by atoms with Crippen LogP contribution >= 0.6 is 22.6 Å². The normalized spacial score (nSPS) is 18.4. The Kier molecular flexibility index (Phi) is 3.66. The summed E-state index contributed by atoms with van der Waals surface area (Å²) in [4.78, 5) is 22.5. The van der Waals surface area contributed by atoms with E-state index in [2.05, 4.69) is 22.6 Å². The molecule has 0 radical (unpaired) electrons. The quantitative estimate of drug-likeness (QED) is 0.675. The van der Waals surface area contributed by atoms with Gasteiger partial charge < -0.3 is 9.84 Å². The molecule has 1 aliphatic rings. The Hall–Kier alpha value is -1.11. The molecule has 0 spiro atoms. The van der Waals surface area contributed by atoms with Crippen LogP contribution in [0.5, 0.6) is 5.75 Å². The van der Waals surface area contributed by atoms with E-state index in [0.29, 0.717) is 11.3 Å². The lowest BCUT2D eigenvalue weighted by atomic mass is 9.98. The molecule has 0 aromatic heterocycles. The minimum Gasteiger partial charge on any atom is -0.489 e. The van der Waals surface area contributed by atoms with E-state index in [1.54, 1.807) is 6.07 Å². The summed E-state index contributed by atoms with van der Waals surface area (Å²) in [6.45, 7) is 0. The van der Waals surface area contributed by atoms with Gasteiger partial charge in [-0.05, 0) is 17.7 Å². The smallest absolute Gasteiger partial charge is 0.307 e. The van der Waals surface area contributed by atoms with Gasteiger partial charge >= 0.3 is 5.97 Å². The molecule has 0 bridgehead atoms. The molecule has 0 saturated carbocycles. The summed E-state index contributed by atoms with van der Waals surface area (Å²) >= 11 is 2.23. The molecule has 0 aliphatic carbocycles. The molecular formula is C12H11IO4. The monoisotopic (exact) mass is 346 g/mol. The summed E-state index contributed by atoms with van der Waals surface area (Å²) in [7, 11) is 0. The average Bonchev–Trinajstić information content (AvgIpc) is 2.28. The van der Waals surface area contributed by atoms with Crippen LogP contribution in [0.3, 0.4) is 0 Å². The van der Waals surface area contributed by atoms with Crippen LogP contribution in [0.15, 0.2) is 18.2 Å². The maximum absolute atomic E-state index is 11.9. The third-order valence-corrected chi connectivity index (χ3v) is 3.49. The zero-order valence-electron chi connectivity index (χ0n) is 8.98. The van der Waals surface area contributed by atoms with Gasteiger partial charge in [0.1, 0.15) is 11.9 Å². The van der Waals surface area contributed by atoms with Crippen LogP contribution in [0, 0.1) is 0 Å². The highest BCUT2D eigenvalue weighted by atomic mass is 127. The number of hydrogen-bond acceptors (Lipinski definition) is 3. The number of carbonyl (C=O) groups excluding carboxylic acids is 1. The lowest BCUT2D eigenvalue weighted by molar-refractivity contribution is -0.138. The molecule has 17 heavy (non-hydrogen) atoms. The van der Waals surface area contributed by atoms with E-state index in [-0.39, 0.29) is 18.6 Å². The molecule has 0 fully saturated rings. The first-order valence-corrected chi connectivity index (χ1v) is 6.73. The molecule has 1 aromatic carbocycles. The predicted molar refractivity (Wildman–Crippen MR) is 69.8 cm³/mol. The van der Waals surface area contributed by atoms with Crippen LogP contribution in [0.2, 0.25) is 0 Å². The van der Waals surface area contributed by atoms with E-state index in [1.165, 1.54) is 0 Å². The third kappa shape index (κ3) is 2.77. The van der Waals surface area contributed by atoms with E-state index in [9.17, 15) is 9.59 Å². The zero-order valence-corrected chi connectivity index (χ0v) is 11.1. The van der Waals surface area contributed by atoms with Gasteiger partial charge in [-0.25, -0.2) is 0 Å². The largest absolute Gasteiger partial charge is 0.489 e. The molecule has 90 valence electrons. The van der Waals surface area contributed by atoms with Gasteiger partial charge in [-0.3, -0.25) is 9.59 Å². The number of carboxylic acids is 1. The zero-order chi connectivity index (χ0) is 12.4. The Morgan fingerprint density at radius 1 is 1.53 bits per heavy atom. The van der Waals surface area contributed by atoms with E-state index in [1.807, 2.05) is 12.1 Å². The molecule has 1 N–H and O–H groups in total. The number of halogens is 1. The first-order valence-electron chi connectivity index (χ1n) is 5.20. The molecule has 1 atom stereocenters. The molecule has 2 rings (SSSR count). The second-order valence-corrected chi connectivity index (χ2v) is 4.69. The number of rotatable bonds is 3. The number of alkyl halides is 1. The Balaban J connectivity index is 2.25. The number of ether oxygens (including phenoxy) is 1. The van der Waals surface area contributed by atoms with Crippen LogP contribution in [0.25, 0.3) is 0 Å². The topological polar surface area (TPSA) is 63.6 Å². The molecule has 4 nitrogen and oxygen atoms in total. The standard InChI is InChI=1S/C12H11IO4/c13-6-7-1-2-11-9(3-7)10(14)4-8(17-11)5-12(15)16/h1-3,8H,4-6H2,(H,15,16). The van der Waals surface area contributed by atoms with Crippen molar-refractivity contribution in [1.82, 2.24) is 0 Å². The molecule has 1 aromatic rings. The van der Waals surface area contributed by atoms with Gasteiger partial charge in [0.25, 0.3) is 0 Å². The molecule has 0 amide bonds. The average molecular weight is 346 g/mol. The SMILES string of the molecule is O=C(O)CC1CC(=O)c2cc(CI)ccc2O1. The number of carbonyl (C=O) groups is 2. The summed E-state index contributed by atoms with van der Waals surface area (Å²) in [5.74, 6) is -0.486. The summed E-state index contributed by atoms with van der Waals surface area (Å²) < 4.78 is 6.34. The van der Waals surface area contributed by atoms with Crippen molar-refractivity contribution in [3.63, 3.8) is 0 Å². The van der Waals surface area contributed by atoms with Crippen LogP contribution in [-0.2, 0) is 9.22 Å². The van der Waals surface area contributed by atoms with Gasteiger partial charge in [-0.15, -0.1) is 0 Å². The van der Waals surface area contributed by atoms with Crippen LogP contribution in [0.1, 0.15) is 28.8 Å². The van der Waals surface area contributed by atoms with Crippen LogP contribution in [0.4, 0.5) is 0 Å². The second kappa shape index (κ2) is 5.03. The van der Waals surface area contributed by atoms with E-state index < -0.39 is 12.1 Å². The van der Waals surface area contributed by atoms with Crippen molar-refractivity contribution in [2.75, 3.05) is 0 Å². The van der Waals surface area contributed by atoms with Crippen molar-refractivity contribution in [2.24, 2.45) is 0 Å². The lowest BCUT2D eigenvalue weighted by Gasteiger charge is -2.24. The van der Waals surface area contributed by atoms with Crippen LogP contribution in [-0.4, -0.2) is 23.0 Å².